The van der Waals surface area contributed by atoms with Gasteiger partial charge in [0, 0.05) is 60.7 Å². The summed E-state index contributed by atoms with van der Waals surface area (Å²) < 4.78 is 11.4. The summed E-state index contributed by atoms with van der Waals surface area (Å²) in [7, 11) is 0. The third-order valence-electron chi connectivity index (χ3n) is 7.97. The fourth-order valence-corrected chi connectivity index (χ4v) is 6.42. The summed E-state index contributed by atoms with van der Waals surface area (Å²) in [6.07, 6.45) is 9.49. The number of esters is 2. The van der Waals surface area contributed by atoms with Crippen molar-refractivity contribution in [2.24, 2.45) is 0 Å². The zero-order valence-corrected chi connectivity index (χ0v) is 24.7. The highest BCUT2D eigenvalue weighted by Crippen LogP contribution is 2.39. The summed E-state index contributed by atoms with van der Waals surface area (Å²) in [4.78, 5) is 24.6. The van der Waals surface area contributed by atoms with Crippen LogP contribution >= 0.6 is 0 Å². The summed E-state index contributed by atoms with van der Waals surface area (Å²) in [5.74, 6) is -0.329. The van der Waals surface area contributed by atoms with E-state index < -0.39 is 22.2 Å². The Labute approximate surface area is 225 Å². The van der Waals surface area contributed by atoms with E-state index in [1.807, 2.05) is 55.4 Å². The number of nitrogens with zero attached hydrogens (tertiary/aromatic N) is 2. The van der Waals surface area contributed by atoms with E-state index in [9.17, 15) is 20.0 Å². The van der Waals surface area contributed by atoms with Gasteiger partial charge in [0.25, 0.3) is 0 Å². The molecule has 2 aliphatic heterocycles. The topological polar surface area (TPSA) is 98.9 Å². The number of ether oxygens (including phenoxy) is 2. The molecule has 2 aliphatic rings. The molecule has 2 fully saturated rings. The molecule has 0 amide bonds. The molecule has 37 heavy (non-hydrogen) atoms. The Bertz CT molecular complexity index is 665. The van der Waals surface area contributed by atoms with E-state index in [2.05, 4.69) is 0 Å². The predicted octanol–water partition coefficient (Wildman–Crippen LogP) is 6.32. The quantitative estimate of drug-likeness (QED) is 0.219. The fraction of sp³-hybridized carbons (Fsp3) is 0.931. The summed E-state index contributed by atoms with van der Waals surface area (Å²) in [6, 6.07) is 0. The lowest BCUT2D eigenvalue weighted by Gasteiger charge is -2.49. The molecular weight excluding hydrogens is 472 g/mol. The first-order valence-electron chi connectivity index (χ1n) is 14.3. The average Bonchev–Trinajstić information content (AvgIpc) is 2.73. The van der Waals surface area contributed by atoms with Crippen molar-refractivity contribution in [2.45, 2.75) is 173 Å². The van der Waals surface area contributed by atoms with E-state index in [1.165, 1.54) is 0 Å². The molecule has 2 rings (SSSR count). The Kier molecular flexibility index (Phi) is 11.0. The van der Waals surface area contributed by atoms with Gasteiger partial charge < -0.3 is 9.47 Å². The van der Waals surface area contributed by atoms with Crippen LogP contribution in [0, 0.1) is 0 Å². The molecule has 0 bridgehead atoms. The standard InChI is InChI=1S/C29H52N2O6/c1-26(2)18-22(19-27(3,4)30(26)34)36-24(32)16-14-12-10-9-11-13-15-17-25(33)37-23-20-28(5,6)31(35)29(7,8)21-23/h22-23H,9-21H2,1-8H3. The largest absolute Gasteiger partial charge is 0.462 e. The molecule has 0 N–H and O–H groups in total. The molecule has 0 aromatic rings. The van der Waals surface area contributed by atoms with Crippen molar-refractivity contribution in [3.05, 3.63) is 0 Å². The molecule has 0 spiro atoms. The molecule has 0 atom stereocenters. The van der Waals surface area contributed by atoms with Gasteiger partial charge in [0.05, 0.1) is 0 Å². The molecule has 8 heteroatoms. The van der Waals surface area contributed by atoms with Gasteiger partial charge in [-0.15, -0.1) is 20.5 Å². The van der Waals surface area contributed by atoms with Crippen molar-refractivity contribution in [3.63, 3.8) is 0 Å². The van der Waals surface area contributed by atoms with E-state index in [1.54, 1.807) is 0 Å². The normalized spacial score (nSPS) is 24.1. The first-order chi connectivity index (χ1) is 17.0. The molecule has 8 nitrogen and oxygen atoms in total. The van der Waals surface area contributed by atoms with Gasteiger partial charge in [-0.1, -0.05) is 32.1 Å². The van der Waals surface area contributed by atoms with Crippen LogP contribution in [0.2, 0.25) is 0 Å². The average molecular weight is 525 g/mol. The maximum absolute atomic E-state index is 12.4. The molecule has 0 aliphatic carbocycles. The number of rotatable bonds is 12. The van der Waals surface area contributed by atoms with E-state index in [4.69, 9.17) is 9.47 Å². The molecule has 0 aromatic carbocycles. The van der Waals surface area contributed by atoms with E-state index in [0.717, 1.165) is 55.1 Å². The Morgan fingerprint density at radius 2 is 0.784 bits per heavy atom. The Morgan fingerprint density at radius 1 is 0.541 bits per heavy atom. The molecule has 2 heterocycles. The lowest BCUT2D eigenvalue weighted by molar-refractivity contribution is -0.299. The molecule has 0 aromatic heterocycles. The van der Waals surface area contributed by atoms with Gasteiger partial charge in [-0.2, -0.15) is 0 Å². The van der Waals surface area contributed by atoms with Crippen LogP contribution in [0.1, 0.15) is 139 Å². The van der Waals surface area contributed by atoms with Gasteiger partial charge in [0.15, 0.2) is 0 Å². The third kappa shape index (κ3) is 9.48. The van der Waals surface area contributed by atoms with Gasteiger partial charge in [-0.25, -0.2) is 0 Å². The van der Waals surface area contributed by atoms with Crippen LogP contribution in [0.3, 0.4) is 0 Å². The Morgan fingerprint density at radius 3 is 1.05 bits per heavy atom. The summed E-state index contributed by atoms with van der Waals surface area (Å²) in [5.41, 5.74) is -2.14. The van der Waals surface area contributed by atoms with Crippen LogP contribution < -0.4 is 0 Å². The number of unbranched alkanes of at least 4 members (excludes halogenated alkanes) is 6. The minimum absolute atomic E-state index is 0.165. The van der Waals surface area contributed by atoms with Gasteiger partial charge in [-0.3, -0.25) is 9.59 Å². The van der Waals surface area contributed by atoms with Gasteiger partial charge in [0.2, 0.25) is 0 Å². The van der Waals surface area contributed by atoms with Gasteiger partial charge >= 0.3 is 11.9 Å². The number of hydrogen-bond donors (Lipinski definition) is 0. The molecule has 2 saturated heterocycles. The maximum atomic E-state index is 12.4. The second kappa shape index (κ2) is 12.8. The second-order valence-corrected chi connectivity index (χ2v) is 13.9. The smallest absolute Gasteiger partial charge is 0.306 e. The first kappa shape index (κ1) is 32.0. The number of piperidine rings is 2. The number of hydrogen-bond acceptors (Lipinski definition) is 6. The lowest BCUT2D eigenvalue weighted by Crippen LogP contribution is -2.60. The van der Waals surface area contributed by atoms with Crippen molar-refractivity contribution in [2.75, 3.05) is 0 Å². The molecule has 0 saturated carbocycles. The number of hydroxylamine groups is 4. The summed E-state index contributed by atoms with van der Waals surface area (Å²) in [5, 5.41) is 27.2. The Hall–Kier alpha value is -1.22. The van der Waals surface area contributed by atoms with Crippen molar-refractivity contribution in [3.8, 4) is 0 Å². The zero-order valence-electron chi connectivity index (χ0n) is 24.7. The second-order valence-electron chi connectivity index (χ2n) is 13.9. The maximum Gasteiger partial charge on any atom is 0.306 e. The molecular formula is C29H52N2O6. The van der Waals surface area contributed by atoms with E-state index in [-0.39, 0.29) is 24.1 Å². The van der Waals surface area contributed by atoms with Crippen LogP contribution in [0.15, 0.2) is 0 Å². The van der Waals surface area contributed by atoms with E-state index in [0.29, 0.717) is 38.5 Å². The Balaban J connectivity index is 1.51. The van der Waals surface area contributed by atoms with Crippen LogP contribution in [0.25, 0.3) is 0 Å². The van der Waals surface area contributed by atoms with Crippen LogP contribution in [0.4, 0.5) is 0 Å². The third-order valence-corrected chi connectivity index (χ3v) is 7.97. The predicted molar refractivity (Wildman–Crippen MR) is 141 cm³/mol. The monoisotopic (exact) mass is 524 g/mol. The van der Waals surface area contributed by atoms with Crippen LogP contribution in [-0.2, 0) is 29.5 Å². The van der Waals surface area contributed by atoms with Crippen molar-refractivity contribution >= 4 is 11.9 Å². The number of carbonyl (C=O) groups is 2. The SMILES string of the molecule is CC1(C)CC(OC(=O)CCCCCCCCCC(=O)OC2CC(C)(C)N([O])C(C)(C)C2)CC(C)(C)N1[O]. The van der Waals surface area contributed by atoms with Crippen LogP contribution in [-0.4, -0.2) is 56.4 Å². The summed E-state index contributed by atoms with van der Waals surface area (Å²) in [6.45, 7) is 15.3. The first-order valence-corrected chi connectivity index (χ1v) is 14.3. The van der Waals surface area contributed by atoms with Gasteiger partial charge in [0.1, 0.15) is 12.2 Å². The zero-order chi connectivity index (χ0) is 28.1. The minimum atomic E-state index is -0.535. The molecule has 2 radical (unpaired) electrons. The van der Waals surface area contributed by atoms with Crippen LogP contribution in [0.5, 0.6) is 0 Å². The van der Waals surface area contributed by atoms with Gasteiger partial charge in [-0.05, 0) is 68.2 Å². The highest BCUT2D eigenvalue weighted by atomic mass is 16.6. The minimum Gasteiger partial charge on any atom is -0.462 e. The van der Waals surface area contributed by atoms with Crippen molar-refractivity contribution in [1.82, 2.24) is 10.1 Å². The van der Waals surface area contributed by atoms with E-state index >= 15 is 0 Å². The fourth-order valence-electron chi connectivity index (χ4n) is 6.42. The highest BCUT2D eigenvalue weighted by Gasteiger charge is 2.48. The van der Waals surface area contributed by atoms with Crippen molar-refractivity contribution in [1.29, 1.82) is 0 Å². The highest BCUT2D eigenvalue weighted by molar-refractivity contribution is 5.69. The summed E-state index contributed by atoms with van der Waals surface area (Å²) >= 11 is 0. The lowest BCUT2D eigenvalue weighted by atomic mass is 9.80. The molecule has 0 unspecified atom stereocenters. The molecule has 214 valence electrons. The van der Waals surface area contributed by atoms with Crippen molar-refractivity contribution < 1.29 is 29.5 Å². The number of carbonyl (C=O) groups excluding carboxylic acids is 2.